The van der Waals surface area contributed by atoms with Gasteiger partial charge in [-0.15, -0.1) is 12.4 Å². The molecule has 1 aromatic rings. The van der Waals surface area contributed by atoms with Gasteiger partial charge in [0.25, 0.3) is 0 Å². The average molecular weight is 259 g/mol. The first-order valence-electron chi connectivity index (χ1n) is 5.11. The fourth-order valence-corrected chi connectivity index (χ4v) is 1.19. The highest BCUT2D eigenvalue weighted by molar-refractivity contribution is 5.93. The van der Waals surface area contributed by atoms with Crippen LogP contribution in [0.25, 0.3) is 0 Å². The van der Waals surface area contributed by atoms with E-state index in [1.807, 2.05) is 6.92 Å². The predicted octanol–water partition coefficient (Wildman–Crippen LogP) is 2.33. The number of aromatic nitrogens is 1. The van der Waals surface area contributed by atoms with Crippen LogP contribution in [0.1, 0.15) is 36.5 Å². The lowest BCUT2D eigenvalue weighted by molar-refractivity contribution is -0.116. The molecule has 0 saturated heterocycles. The van der Waals surface area contributed by atoms with E-state index in [0.717, 1.165) is 12.8 Å². The molecular formula is C11H15ClN2O3. The van der Waals surface area contributed by atoms with Gasteiger partial charge in [-0.25, -0.2) is 4.79 Å². The smallest absolute Gasteiger partial charge is 0.337 e. The zero-order valence-corrected chi connectivity index (χ0v) is 10.3. The second kappa shape index (κ2) is 7.62. The molecule has 0 aromatic carbocycles. The van der Waals surface area contributed by atoms with Crippen molar-refractivity contribution in [3.63, 3.8) is 0 Å². The number of carbonyl (C=O) groups excluding carboxylic acids is 1. The molecule has 1 amide bonds. The summed E-state index contributed by atoms with van der Waals surface area (Å²) in [6.07, 6.45) is 4.87. The van der Waals surface area contributed by atoms with E-state index in [4.69, 9.17) is 5.11 Å². The number of hydrogen-bond acceptors (Lipinski definition) is 3. The SMILES string of the molecule is CCCCC(=O)Nc1cncc(C(=O)O)c1.Cl. The second-order valence-corrected chi connectivity index (χ2v) is 3.42. The molecule has 2 N–H and O–H groups in total. The standard InChI is InChI=1S/C11H14N2O3.ClH/c1-2-3-4-10(14)13-9-5-8(11(15)16)6-12-7-9;/h5-7H,2-4H2,1H3,(H,13,14)(H,15,16);1H. The first kappa shape index (κ1) is 15.4. The number of unbranched alkanes of at least 4 members (excludes halogenated alkanes) is 1. The Morgan fingerprint density at radius 2 is 2.12 bits per heavy atom. The van der Waals surface area contributed by atoms with Crippen LogP contribution in [0.15, 0.2) is 18.5 Å². The molecule has 0 unspecified atom stereocenters. The third kappa shape index (κ3) is 5.31. The summed E-state index contributed by atoms with van der Waals surface area (Å²) in [6.45, 7) is 2.00. The summed E-state index contributed by atoms with van der Waals surface area (Å²) in [5.41, 5.74) is 0.481. The van der Waals surface area contributed by atoms with Crippen LogP contribution in [0.4, 0.5) is 5.69 Å². The number of hydrogen-bond donors (Lipinski definition) is 2. The lowest BCUT2D eigenvalue weighted by atomic mass is 10.2. The number of anilines is 1. The van der Waals surface area contributed by atoms with Crippen LogP contribution < -0.4 is 5.32 Å². The first-order valence-corrected chi connectivity index (χ1v) is 5.11. The van der Waals surface area contributed by atoms with Crippen LogP contribution in [0, 0.1) is 0 Å². The van der Waals surface area contributed by atoms with E-state index in [0.29, 0.717) is 12.1 Å². The Hall–Kier alpha value is -1.62. The van der Waals surface area contributed by atoms with Crippen molar-refractivity contribution in [3.8, 4) is 0 Å². The van der Waals surface area contributed by atoms with Crippen molar-refractivity contribution in [2.24, 2.45) is 0 Å². The summed E-state index contributed by atoms with van der Waals surface area (Å²) in [5.74, 6) is -1.18. The summed E-state index contributed by atoms with van der Waals surface area (Å²) in [7, 11) is 0. The van der Waals surface area contributed by atoms with Gasteiger partial charge < -0.3 is 10.4 Å². The molecule has 0 spiro atoms. The van der Waals surface area contributed by atoms with Crippen LogP contribution in [0.5, 0.6) is 0 Å². The molecule has 0 aliphatic heterocycles. The van der Waals surface area contributed by atoms with Gasteiger partial charge in [0.05, 0.1) is 17.4 Å². The van der Waals surface area contributed by atoms with Gasteiger partial charge in [-0.1, -0.05) is 13.3 Å². The third-order valence-corrected chi connectivity index (χ3v) is 2.03. The molecule has 5 nitrogen and oxygen atoms in total. The Morgan fingerprint density at radius 3 is 2.71 bits per heavy atom. The monoisotopic (exact) mass is 258 g/mol. The van der Waals surface area contributed by atoms with E-state index in [9.17, 15) is 9.59 Å². The molecule has 1 rings (SSSR count). The van der Waals surface area contributed by atoms with Crippen molar-refractivity contribution in [1.82, 2.24) is 4.98 Å². The van der Waals surface area contributed by atoms with Crippen LogP contribution in [0.3, 0.4) is 0 Å². The summed E-state index contributed by atoms with van der Waals surface area (Å²) in [5, 5.41) is 11.3. The molecule has 0 radical (unpaired) electrons. The maximum atomic E-state index is 11.4. The Bertz CT molecular complexity index is 396. The highest BCUT2D eigenvalue weighted by atomic mass is 35.5. The summed E-state index contributed by atoms with van der Waals surface area (Å²) >= 11 is 0. The van der Waals surface area contributed by atoms with Crippen LogP contribution in [-0.2, 0) is 4.79 Å². The Labute approximate surface area is 106 Å². The van der Waals surface area contributed by atoms with E-state index in [1.54, 1.807) is 0 Å². The number of amides is 1. The van der Waals surface area contributed by atoms with E-state index in [1.165, 1.54) is 18.5 Å². The number of carbonyl (C=O) groups is 2. The minimum atomic E-state index is -1.06. The van der Waals surface area contributed by atoms with Crippen LogP contribution >= 0.6 is 12.4 Å². The number of carboxylic acid groups (broad SMARTS) is 1. The molecule has 6 heteroatoms. The number of halogens is 1. The van der Waals surface area contributed by atoms with E-state index >= 15 is 0 Å². The van der Waals surface area contributed by atoms with Crippen LogP contribution in [0.2, 0.25) is 0 Å². The van der Waals surface area contributed by atoms with Crippen molar-refractivity contribution in [2.75, 3.05) is 5.32 Å². The van der Waals surface area contributed by atoms with Gasteiger partial charge >= 0.3 is 5.97 Å². The van der Waals surface area contributed by atoms with Crippen molar-refractivity contribution in [3.05, 3.63) is 24.0 Å². The number of rotatable bonds is 5. The second-order valence-electron chi connectivity index (χ2n) is 3.42. The van der Waals surface area contributed by atoms with Gasteiger partial charge in [0.1, 0.15) is 0 Å². The van der Waals surface area contributed by atoms with Gasteiger partial charge in [-0.05, 0) is 12.5 Å². The summed E-state index contributed by atoms with van der Waals surface area (Å²) in [6, 6.07) is 1.39. The van der Waals surface area contributed by atoms with Gasteiger partial charge in [-0.2, -0.15) is 0 Å². The molecule has 17 heavy (non-hydrogen) atoms. The lowest BCUT2D eigenvalue weighted by Gasteiger charge is -2.04. The van der Waals surface area contributed by atoms with Gasteiger partial charge in [0.2, 0.25) is 5.91 Å². The van der Waals surface area contributed by atoms with E-state index in [-0.39, 0.29) is 23.9 Å². The summed E-state index contributed by atoms with van der Waals surface area (Å²) < 4.78 is 0. The zero-order chi connectivity index (χ0) is 12.0. The molecule has 0 atom stereocenters. The first-order chi connectivity index (χ1) is 7.63. The number of nitrogens with one attached hydrogen (secondary N) is 1. The molecule has 0 saturated carbocycles. The molecule has 1 heterocycles. The van der Waals surface area contributed by atoms with E-state index in [2.05, 4.69) is 10.3 Å². The molecule has 0 fully saturated rings. The van der Waals surface area contributed by atoms with Crippen molar-refractivity contribution < 1.29 is 14.7 Å². The van der Waals surface area contributed by atoms with Crippen molar-refractivity contribution >= 4 is 30.0 Å². The molecule has 1 aromatic heterocycles. The number of carboxylic acids is 1. The average Bonchev–Trinajstić information content (AvgIpc) is 2.26. The highest BCUT2D eigenvalue weighted by Crippen LogP contribution is 2.09. The maximum absolute atomic E-state index is 11.4. The molecular weight excluding hydrogens is 244 g/mol. The molecule has 0 bridgehead atoms. The third-order valence-electron chi connectivity index (χ3n) is 2.03. The lowest BCUT2D eigenvalue weighted by Crippen LogP contribution is -2.11. The number of nitrogens with zero attached hydrogens (tertiary/aromatic N) is 1. The van der Waals surface area contributed by atoms with Gasteiger partial charge in [0, 0.05) is 12.6 Å². The van der Waals surface area contributed by atoms with Crippen molar-refractivity contribution in [1.29, 1.82) is 0 Å². The number of aromatic carboxylic acids is 1. The summed E-state index contributed by atoms with van der Waals surface area (Å²) in [4.78, 5) is 25.8. The van der Waals surface area contributed by atoms with Crippen LogP contribution in [-0.4, -0.2) is 22.0 Å². The predicted molar refractivity (Wildman–Crippen MR) is 66.6 cm³/mol. The minimum Gasteiger partial charge on any atom is -0.478 e. The van der Waals surface area contributed by atoms with E-state index < -0.39 is 5.97 Å². The maximum Gasteiger partial charge on any atom is 0.337 e. The normalized spacial score (nSPS) is 9.24. The Morgan fingerprint density at radius 1 is 1.41 bits per heavy atom. The fraction of sp³-hybridized carbons (Fsp3) is 0.364. The van der Waals surface area contributed by atoms with Gasteiger partial charge in [-0.3, -0.25) is 9.78 Å². The topological polar surface area (TPSA) is 79.3 Å². The Kier molecular flexibility index (Phi) is 6.89. The minimum absolute atomic E-state index is 0. The Balaban J connectivity index is 0.00000256. The number of pyridine rings is 1. The van der Waals surface area contributed by atoms with Gasteiger partial charge in [0.15, 0.2) is 0 Å². The molecule has 0 aliphatic carbocycles. The molecule has 94 valence electrons. The quantitative estimate of drug-likeness (QED) is 0.850. The zero-order valence-electron chi connectivity index (χ0n) is 9.47. The fourth-order valence-electron chi connectivity index (χ4n) is 1.19. The van der Waals surface area contributed by atoms with Crippen molar-refractivity contribution in [2.45, 2.75) is 26.2 Å². The molecule has 0 aliphatic rings. The largest absolute Gasteiger partial charge is 0.478 e. The highest BCUT2D eigenvalue weighted by Gasteiger charge is 2.06.